The van der Waals surface area contributed by atoms with Gasteiger partial charge in [0.05, 0.1) is 7.11 Å². The van der Waals surface area contributed by atoms with Crippen molar-refractivity contribution in [2.75, 3.05) is 7.11 Å². The monoisotopic (exact) mass is 444 g/mol. The highest BCUT2D eigenvalue weighted by Gasteiger charge is 2.29. The SMILES string of the molecule is CCCC(=O)N(Cc1ccccc1)[C@@H](Cc1ccccc1)C(=O)NCc1ccc(OC)cc1. The van der Waals surface area contributed by atoms with Crippen LogP contribution in [-0.4, -0.2) is 29.9 Å². The maximum Gasteiger partial charge on any atom is 0.243 e. The molecule has 172 valence electrons. The number of ether oxygens (including phenoxy) is 1. The molecule has 0 aliphatic carbocycles. The van der Waals surface area contributed by atoms with E-state index in [0.29, 0.717) is 25.9 Å². The second-order valence-corrected chi connectivity index (χ2v) is 8.03. The molecule has 3 aromatic rings. The van der Waals surface area contributed by atoms with Crippen LogP contribution in [-0.2, 0) is 29.1 Å². The molecule has 0 aliphatic rings. The van der Waals surface area contributed by atoms with Gasteiger partial charge in [0.1, 0.15) is 11.8 Å². The molecule has 0 saturated carbocycles. The van der Waals surface area contributed by atoms with Crippen LogP contribution in [0, 0.1) is 0 Å². The summed E-state index contributed by atoms with van der Waals surface area (Å²) in [5, 5.41) is 3.05. The molecule has 0 bridgehead atoms. The van der Waals surface area contributed by atoms with Crippen LogP contribution in [0.5, 0.6) is 5.75 Å². The van der Waals surface area contributed by atoms with E-state index in [1.807, 2.05) is 91.9 Å². The van der Waals surface area contributed by atoms with Crippen molar-refractivity contribution in [1.29, 1.82) is 0 Å². The van der Waals surface area contributed by atoms with E-state index < -0.39 is 6.04 Å². The van der Waals surface area contributed by atoms with Gasteiger partial charge in [-0.3, -0.25) is 9.59 Å². The fraction of sp³-hybridized carbons (Fsp3) is 0.286. The zero-order chi connectivity index (χ0) is 23.5. The molecule has 0 fully saturated rings. The predicted molar refractivity (Wildman–Crippen MR) is 131 cm³/mol. The Balaban J connectivity index is 1.84. The Kier molecular flexibility index (Phi) is 9.07. The lowest BCUT2D eigenvalue weighted by Gasteiger charge is -2.31. The van der Waals surface area contributed by atoms with Crippen LogP contribution in [0.25, 0.3) is 0 Å². The molecule has 0 radical (unpaired) electrons. The second-order valence-electron chi connectivity index (χ2n) is 8.03. The van der Waals surface area contributed by atoms with E-state index in [1.54, 1.807) is 12.0 Å². The van der Waals surface area contributed by atoms with Gasteiger partial charge in [-0.25, -0.2) is 0 Å². The number of amides is 2. The summed E-state index contributed by atoms with van der Waals surface area (Å²) in [6.07, 6.45) is 1.59. The lowest BCUT2D eigenvalue weighted by Crippen LogP contribution is -2.50. The number of benzene rings is 3. The molecule has 5 nitrogen and oxygen atoms in total. The molecule has 0 saturated heterocycles. The van der Waals surface area contributed by atoms with E-state index in [4.69, 9.17) is 4.74 Å². The van der Waals surface area contributed by atoms with E-state index in [9.17, 15) is 9.59 Å². The minimum absolute atomic E-state index is 0.0121. The third-order valence-electron chi connectivity index (χ3n) is 5.56. The Morgan fingerprint density at radius 2 is 1.45 bits per heavy atom. The van der Waals surface area contributed by atoms with Gasteiger partial charge in [0.15, 0.2) is 0 Å². The van der Waals surface area contributed by atoms with E-state index in [-0.39, 0.29) is 11.8 Å². The molecular weight excluding hydrogens is 412 g/mol. The lowest BCUT2D eigenvalue weighted by molar-refractivity contribution is -0.141. The van der Waals surface area contributed by atoms with Crippen molar-refractivity contribution < 1.29 is 14.3 Å². The van der Waals surface area contributed by atoms with Crippen molar-refractivity contribution in [3.05, 3.63) is 102 Å². The van der Waals surface area contributed by atoms with E-state index in [2.05, 4.69) is 5.32 Å². The molecular formula is C28H32N2O3. The largest absolute Gasteiger partial charge is 0.497 e. The number of rotatable bonds is 11. The maximum absolute atomic E-state index is 13.5. The number of hydrogen-bond donors (Lipinski definition) is 1. The highest BCUT2D eigenvalue weighted by Crippen LogP contribution is 2.17. The van der Waals surface area contributed by atoms with Crippen LogP contribution < -0.4 is 10.1 Å². The quantitative estimate of drug-likeness (QED) is 0.464. The molecule has 0 spiro atoms. The van der Waals surface area contributed by atoms with Gasteiger partial charge in [-0.15, -0.1) is 0 Å². The number of nitrogens with one attached hydrogen (secondary N) is 1. The average molecular weight is 445 g/mol. The van der Waals surface area contributed by atoms with Gasteiger partial charge in [0, 0.05) is 25.9 Å². The summed E-state index contributed by atoms with van der Waals surface area (Å²) in [4.78, 5) is 28.3. The van der Waals surface area contributed by atoms with Crippen LogP contribution >= 0.6 is 0 Å². The molecule has 5 heteroatoms. The molecule has 3 rings (SSSR count). The van der Waals surface area contributed by atoms with E-state index >= 15 is 0 Å². The zero-order valence-electron chi connectivity index (χ0n) is 19.4. The summed E-state index contributed by atoms with van der Waals surface area (Å²) in [6.45, 7) is 2.76. The van der Waals surface area contributed by atoms with Crippen molar-refractivity contribution in [1.82, 2.24) is 10.2 Å². The van der Waals surface area contributed by atoms with Crippen molar-refractivity contribution >= 4 is 11.8 Å². The normalized spacial score (nSPS) is 11.5. The summed E-state index contributed by atoms with van der Waals surface area (Å²) < 4.78 is 5.21. The topological polar surface area (TPSA) is 58.6 Å². The molecule has 1 atom stereocenters. The summed E-state index contributed by atoms with van der Waals surface area (Å²) in [6, 6.07) is 26.7. The van der Waals surface area contributed by atoms with Crippen molar-refractivity contribution in [3.63, 3.8) is 0 Å². The van der Waals surface area contributed by atoms with E-state index in [0.717, 1.165) is 28.9 Å². The van der Waals surface area contributed by atoms with Crippen LogP contribution in [0.4, 0.5) is 0 Å². The molecule has 2 amide bonds. The third-order valence-corrected chi connectivity index (χ3v) is 5.56. The summed E-state index contributed by atoms with van der Waals surface area (Å²) in [5.74, 6) is 0.600. The van der Waals surface area contributed by atoms with Gasteiger partial charge in [-0.05, 0) is 35.2 Å². The lowest BCUT2D eigenvalue weighted by atomic mass is 10.0. The molecule has 33 heavy (non-hydrogen) atoms. The number of methoxy groups -OCH3 is 1. The number of hydrogen-bond acceptors (Lipinski definition) is 3. The zero-order valence-corrected chi connectivity index (χ0v) is 19.4. The third kappa shape index (κ3) is 7.21. The Morgan fingerprint density at radius 3 is 2.03 bits per heavy atom. The van der Waals surface area contributed by atoms with Crippen molar-refractivity contribution in [3.8, 4) is 5.75 Å². The minimum atomic E-state index is -0.607. The first-order chi connectivity index (χ1) is 16.1. The Bertz CT molecular complexity index is 1000. The fourth-order valence-electron chi connectivity index (χ4n) is 3.74. The number of carbonyl (C=O) groups is 2. The standard InChI is InChI=1S/C28H32N2O3/c1-3-10-27(31)30(21-24-13-8-5-9-14-24)26(19-22-11-6-4-7-12-22)28(32)29-20-23-15-17-25(33-2)18-16-23/h4-9,11-18,26H,3,10,19-21H2,1-2H3,(H,29,32)/t26-/m0/s1. The molecule has 3 aromatic carbocycles. The van der Waals surface area contributed by atoms with Crippen LogP contribution in [0.15, 0.2) is 84.9 Å². The highest BCUT2D eigenvalue weighted by atomic mass is 16.5. The smallest absolute Gasteiger partial charge is 0.243 e. The molecule has 0 heterocycles. The van der Waals surface area contributed by atoms with Crippen molar-refractivity contribution in [2.24, 2.45) is 0 Å². The van der Waals surface area contributed by atoms with Gasteiger partial charge >= 0.3 is 0 Å². The fourth-order valence-corrected chi connectivity index (χ4v) is 3.74. The van der Waals surface area contributed by atoms with Crippen LogP contribution in [0.2, 0.25) is 0 Å². The van der Waals surface area contributed by atoms with Gasteiger partial charge in [-0.2, -0.15) is 0 Å². The maximum atomic E-state index is 13.5. The Labute approximate surface area is 196 Å². The molecule has 0 aromatic heterocycles. The highest BCUT2D eigenvalue weighted by molar-refractivity contribution is 5.88. The van der Waals surface area contributed by atoms with Crippen LogP contribution in [0.3, 0.4) is 0 Å². The summed E-state index contributed by atoms with van der Waals surface area (Å²) in [7, 11) is 1.62. The van der Waals surface area contributed by atoms with Gasteiger partial charge in [-0.1, -0.05) is 79.7 Å². The van der Waals surface area contributed by atoms with Gasteiger partial charge in [0.25, 0.3) is 0 Å². The average Bonchev–Trinajstić information content (AvgIpc) is 2.86. The van der Waals surface area contributed by atoms with E-state index in [1.165, 1.54) is 0 Å². The second kappa shape index (κ2) is 12.4. The minimum Gasteiger partial charge on any atom is -0.497 e. The number of carbonyl (C=O) groups excluding carboxylic acids is 2. The molecule has 1 N–H and O–H groups in total. The first kappa shape index (κ1) is 24.1. The molecule has 0 aliphatic heterocycles. The number of nitrogens with zero attached hydrogens (tertiary/aromatic N) is 1. The predicted octanol–water partition coefficient (Wildman–Crippen LogP) is 4.75. The first-order valence-corrected chi connectivity index (χ1v) is 11.4. The van der Waals surface area contributed by atoms with Gasteiger partial charge < -0.3 is 15.0 Å². The van der Waals surface area contributed by atoms with Gasteiger partial charge in [0.2, 0.25) is 11.8 Å². The first-order valence-electron chi connectivity index (χ1n) is 11.4. The summed E-state index contributed by atoms with van der Waals surface area (Å²) >= 11 is 0. The van der Waals surface area contributed by atoms with Crippen molar-refractivity contribution in [2.45, 2.75) is 45.3 Å². The Hall–Kier alpha value is -3.60. The summed E-state index contributed by atoms with van der Waals surface area (Å²) in [5.41, 5.74) is 2.99. The molecule has 0 unspecified atom stereocenters. The van der Waals surface area contributed by atoms with Crippen LogP contribution in [0.1, 0.15) is 36.5 Å². The Morgan fingerprint density at radius 1 is 0.848 bits per heavy atom.